The Kier molecular flexibility index (Phi) is 7.08. The van der Waals surface area contributed by atoms with Gasteiger partial charge in [-0.3, -0.25) is 4.79 Å². The highest BCUT2D eigenvalue weighted by molar-refractivity contribution is 5.95. The van der Waals surface area contributed by atoms with Gasteiger partial charge < -0.3 is 9.47 Å². The molecule has 0 fully saturated rings. The van der Waals surface area contributed by atoms with Crippen molar-refractivity contribution in [3.05, 3.63) is 59.2 Å². The number of halogens is 2. The molecule has 0 saturated carbocycles. The monoisotopic (exact) mass is 362 g/mol. The van der Waals surface area contributed by atoms with Crippen LogP contribution >= 0.6 is 0 Å². The average molecular weight is 362 g/mol. The number of nitrogens with zero attached hydrogens (tertiary/aromatic N) is 1. The van der Waals surface area contributed by atoms with Crippen molar-refractivity contribution in [1.82, 2.24) is 5.43 Å². The Bertz CT molecular complexity index is 762. The standard InChI is InChI=1S/C19H20F2N2O3/c1-3-13-8-10-14(11-9-13)18(24)23-22-12-15-6-5-7-16(25-4-2)17(15)26-19(20)21/h5-12,19H,3-4H2,1-2H3,(H,23,24)/b22-12-. The zero-order valence-electron chi connectivity index (χ0n) is 14.5. The maximum absolute atomic E-state index is 12.7. The fraction of sp³-hybridized carbons (Fsp3) is 0.263. The minimum absolute atomic E-state index is 0.130. The summed E-state index contributed by atoms with van der Waals surface area (Å²) in [5, 5.41) is 3.82. The van der Waals surface area contributed by atoms with Gasteiger partial charge >= 0.3 is 6.61 Å². The number of carbonyl (C=O) groups excluding carboxylic acids is 1. The van der Waals surface area contributed by atoms with Crippen LogP contribution in [-0.4, -0.2) is 25.3 Å². The number of carbonyl (C=O) groups is 1. The van der Waals surface area contributed by atoms with Gasteiger partial charge in [-0.1, -0.05) is 25.1 Å². The molecule has 5 nitrogen and oxygen atoms in total. The highest BCUT2D eigenvalue weighted by Crippen LogP contribution is 2.31. The first kappa shape index (κ1) is 19.4. The number of para-hydroxylation sites is 1. The van der Waals surface area contributed by atoms with Crippen LogP contribution in [0.15, 0.2) is 47.6 Å². The van der Waals surface area contributed by atoms with Crippen molar-refractivity contribution in [2.24, 2.45) is 5.10 Å². The number of rotatable bonds is 8. The number of aryl methyl sites for hydroxylation is 1. The molecule has 2 aromatic rings. The quantitative estimate of drug-likeness (QED) is 0.570. The molecular weight excluding hydrogens is 342 g/mol. The molecule has 0 heterocycles. The van der Waals surface area contributed by atoms with E-state index in [1.807, 2.05) is 19.1 Å². The smallest absolute Gasteiger partial charge is 0.387 e. The molecule has 0 aromatic heterocycles. The summed E-state index contributed by atoms with van der Waals surface area (Å²) in [7, 11) is 0. The van der Waals surface area contributed by atoms with Gasteiger partial charge in [0, 0.05) is 11.1 Å². The summed E-state index contributed by atoms with van der Waals surface area (Å²) in [5.41, 5.74) is 4.19. The number of hydrogen-bond acceptors (Lipinski definition) is 4. The molecule has 0 saturated heterocycles. The first-order chi connectivity index (χ1) is 12.5. The molecule has 0 bridgehead atoms. The second kappa shape index (κ2) is 9.50. The third kappa shape index (κ3) is 5.27. The molecular formula is C19H20F2N2O3. The molecule has 1 N–H and O–H groups in total. The molecule has 2 rings (SSSR count). The Hall–Kier alpha value is -2.96. The summed E-state index contributed by atoms with van der Waals surface area (Å²) in [5.74, 6) is -0.353. The Morgan fingerprint density at radius 3 is 2.54 bits per heavy atom. The number of ether oxygens (including phenoxy) is 2. The third-order valence-electron chi connectivity index (χ3n) is 3.51. The van der Waals surface area contributed by atoms with Gasteiger partial charge in [0.15, 0.2) is 11.5 Å². The number of nitrogens with one attached hydrogen (secondary N) is 1. The Morgan fingerprint density at radius 1 is 1.19 bits per heavy atom. The lowest BCUT2D eigenvalue weighted by molar-refractivity contribution is -0.0515. The summed E-state index contributed by atoms with van der Waals surface area (Å²) >= 11 is 0. The first-order valence-electron chi connectivity index (χ1n) is 8.18. The molecule has 1 amide bonds. The predicted octanol–water partition coefficient (Wildman–Crippen LogP) is 4.01. The molecule has 0 aliphatic heterocycles. The maximum atomic E-state index is 12.7. The number of hydrazone groups is 1. The van der Waals surface area contributed by atoms with E-state index in [0.717, 1.165) is 12.0 Å². The fourth-order valence-corrected chi connectivity index (χ4v) is 2.24. The molecule has 7 heteroatoms. The second-order valence-electron chi connectivity index (χ2n) is 5.24. The van der Waals surface area contributed by atoms with E-state index in [0.29, 0.717) is 12.2 Å². The molecule has 0 unspecified atom stereocenters. The van der Waals surface area contributed by atoms with Gasteiger partial charge in [-0.2, -0.15) is 13.9 Å². The van der Waals surface area contributed by atoms with Crippen LogP contribution in [0, 0.1) is 0 Å². The molecule has 138 valence electrons. The molecule has 0 radical (unpaired) electrons. The van der Waals surface area contributed by atoms with Gasteiger partial charge in [-0.15, -0.1) is 0 Å². The molecule has 2 aromatic carbocycles. The summed E-state index contributed by atoms with van der Waals surface area (Å²) in [6.07, 6.45) is 2.11. The topological polar surface area (TPSA) is 59.9 Å². The van der Waals surface area contributed by atoms with Crippen LogP contribution in [0.1, 0.15) is 35.3 Å². The lowest BCUT2D eigenvalue weighted by atomic mass is 10.1. The van der Waals surface area contributed by atoms with Crippen LogP contribution in [-0.2, 0) is 6.42 Å². The summed E-state index contributed by atoms with van der Waals surface area (Å²) < 4.78 is 35.1. The Labute approximate surface area is 150 Å². The maximum Gasteiger partial charge on any atom is 0.387 e. The number of benzene rings is 2. The number of hydrogen-bond donors (Lipinski definition) is 1. The van der Waals surface area contributed by atoms with E-state index >= 15 is 0 Å². The predicted molar refractivity (Wildman–Crippen MR) is 95.1 cm³/mol. The molecule has 0 atom stereocenters. The molecule has 0 aliphatic rings. The second-order valence-corrected chi connectivity index (χ2v) is 5.24. The van der Waals surface area contributed by atoms with Crippen molar-refractivity contribution in [3.63, 3.8) is 0 Å². The van der Waals surface area contributed by atoms with Crippen molar-refractivity contribution in [1.29, 1.82) is 0 Å². The van der Waals surface area contributed by atoms with E-state index in [9.17, 15) is 13.6 Å². The summed E-state index contributed by atoms with van der Waals surface area (Å²) in [4.78, 5) is 12.1. The normalized spacial score (nSPS) is 11.0. The number of amides is 1. The van der Waals surface area contributed by atoms with E-state index < -0.39 is 12.5 Å². The van der Waals surface area contributed by atoms with Crippen LogP contribution in [0.5, 0.6) is 11.5 Å². The molecule has 26 heavy (non-hydrogen) atoms. The van der Waals surface area contributed by atoms with Crippen molar-refractivity contribution in [2.45, 2.75) is 26.9 Å². The van der Waals surface area contributed by atoms with Crippen molar-refractivity contribution in [3.8, 4) is 11.5 Å². The zero-order chi connectivity index (χ0) is 18.9. The molecule has 0 spiro atoms. The van der Waals surface area contributed by atoms with Crippen molar-refractivity contribution >= 4 is 12.1 Å². The highest BCUT2D eigenvalue weighted by atomic mass is 19.3. The van der Waals surface area contributed by atoms with E-state index in [-0.39, 0.29) is 17.1 Å². The minimum atomic E-state index is -3.00. The highest BCUT2D eigenvalue weighted by Gasteiger charge is 2.14. The van der Waals surface area contributed by atoms with Gasteiger partial charge in [0.1, 0.15) is 0 Å². The lowest BCUT2D eigenvalue weighted by Gasteiger charge is -2.13. The van der Waals surface area contributed by atoms with Gasteiger partial charge in [-0.05, 0) is 43.2 Å². The van der Waals surface area contributed by atoms with Gasteiger partial charge in [0.25, 0.3) is 5.91 Å². The Morgan fingerprint density at radius 2 is 1.92 bits per heavy atom. The van der Waals surface area contributed by atoms with E-state index in [1.54, 1.807) is 25.1 Å². The van der Waals surface area contributed by atoms with Crippen LogP contribution in [0.25, 0.3) is 0 Å². The van der Waals surface area contributed by atoms with Crippen molar-refractivity contribution in [2.75, 3.05) is 6.61 Å². The van der Waals surface area contributed by atoms with Crippen LogP contribution in [0.4, 0.5) is 8.78 Å². The average Bonchev–Trinajstić information content (AvgIpc) is 2.64. The number of alkyl halides is 2. The van der Waals surface area contributed by atoms with Gasteiger partial charge in [0.2, 0.25) is 0 Å². The van der Waals surface area contributed by atoms with E-state index in [4.69, 9.17) is 4.74 Å². The SMILES string of the molecule is CCOc1cccc(/C=N\NC(=O)c2ccc(CC)cc2)c1OC(F)F. The van der Waals surface area contributed by atoms with E-state index in [1.165, 1.54) is 18.3 Å². The summed E-state index contributed by atoms with van der Waals surface area (Å²) in [6, 6.07) is 11.8. The lowest BCUT2D eigenvalue weighted by Crippen LogP contribution is -2.17. The van der Waals surface area contributed by atoms with Gasteiger partial charge in [0.05, 0.1) is 12.8 Å². The Balaban J connectivity index is 2.13. The third-order valence-corrected chi connectivity index (χ3v) is 3.51. The minimum Gasteiger partial charge on any atom is -0.490 e. The van der Waals surface area contributed by atoms with Crippen LogP contribution in [0.2, 0.25) is 0 Å². The first-order valence-corrected chi connectivity index (χ1v) is 8.18. The molecule has 0 aliphatic carbocycles. The summed E-state index contributed by atoms with van der Waals surface area (Å²) in [6.45, 7) is 1.05. The van der Waals surface area contributed by atoms with Crippen LogP contribution in [0.3, 0.4) is 0 Å². The fourth-order valence-electron chi connectivity index (χ4n) is 2.24. The largest absolute Gasteiger partial charge is 0.490 e. The van der Waals surface area contributed by atoms with Crippen molar-refractivity contribution < 1.29 is 23.0 Å². The zero-order valence-corrected chi connectivity index (χ0v) is 14.5. The van der Waals surface area contributed by atoms with Gasteiger partial charge in [-0.25, -0.2) is 5.43 Å². The van der Waals surface area contributed by atoms with Crippen LogP contribution < -0.4 is 14.9 Å². The van der Waals surface area contributed by atoms with E-state index in [2.05, 4.69) is 15.3 Å².